The fourth-order valence-corrected chi connectivity index (χ4v) is 3.55. The van der Waals surface area contributed by atoms with Gasteiger partial charge in [0, 0.05) is 19.7 Å². The van der Waals surface area contributed by atoms with Crippen LogP contribution in [-0.2, 0) is 14.3 Å². The maximum Gasteiger partial charge on any atom is 0.307 e. The van der Waals surface area contributed by atoms with E-state index in [-0.39, 0.29) is 17.9 Å². The summed E-state index contributed by atoms with van der Waals surface area (Å²) in [4.78, 5) is 25.7. The van der Waals surface area contributed by atoms with Crippen LogP contribution in [0.2, 0.25) is 0 Å². The molecule has 1 saturated heterocycles. The van der Waals surface area contributed by atoms with Crippen molar-refractivity contribution in [3.63, 3.8) is 0 Å². The van der Waals surface area contributed by atoms with Crippen LogP contribution >= 0.6 is 0 Å². The lowest BCUT2D eigenvalue weighted by Crippen LogP contribution is -2.45. The first-order chi connectivity index (χ1) is 9.52. The number of hydrogen-bond acceptors (Lipinski definition) is 3. The minimum Gasteiger partial charge on any atom is -0.481 e. The van der Waals surface area contributed by atoms with Gasteiger partial charge in [0.25, 0.3) is 0 Å². The summed E-state index contributed by atoms with van der Waals surface area (Å²) in [5.41, 5.74) is 0. The summed E-state index contributed by atoms with van der Waals surface area (Å²) in [5.74, 6) is -1.28. The Bertz CT molecular complexity index is 363. The average molecular weight is 283 g/mol. The van der Waals surface area contributed by atoms with E-state index >= 15 is 0 Å². The van der Waals surface area contributed by atoms with Crippen LogP contribution in [0.4, 0.5) is 0 Å². The van der Waals surface area contributed by atoms with Crippen molar-refractivity contribution in [3.05, 3.63) is 0 Å². The molecular formula is C15H25NO4. The Kier molecular flexibility index (Phi) is 5.02. The van der Waals surface area contributed by atoms with Crippen molar-refractivity contribution < 1.29 is 19.4 Å². The highest BCUT2D eigenvalue weighted by molar-refractivity contribution is 5.85. The number of ether oxygens (including phenoxy) is 1. The Balaban J connectivity index is 1.93. The number of aliphatic carboxylic acids is 1. The van der Waals surface area contributed by atoms with Crippen molar-refractivity contribution in [1.82, 2.24) is 4.90 Å². The Morgan fingerprint density at radius 2 is 1.80 bits per heavy atom. The van der Waals surface area contributed by atoms with Crippen molar-refractivity contribution in [2.24, 2.45) is 17.8 Å². The number of piperidine rings is 1. The second kappa shape index (κ2) is 6.57. The second-order valence-corrected chi connectivity index (χ2v) is 6.11. The summed E-state index contributed by atoms with van der Waals surface area (Å²) < 4.78 is 5.58. The Hall–Kier alpha value is -1.10. The molecule has 1 N–H and O–H groups in total. The molecule has 5 nitrogen and oxygen atoms in total. The van der Waals surface area contributed by atoms with E-state index in [1.54, 1.807) is 0 Å². The highest BCUT2D eigenvalue weighted by Crippen LogP contribution is 2.38. The molecule has 3 atom stereocenters. The normalized spacial score (nSPS) is 31.5. The molecule has 2 fully saturated rings. The van der Waals surface area contributed by atoms with Gasteiger partial charge in [0.15, 0.2) is 0 Å². The van der Waals surface area contributed by atoms with Gasteiger partial charge in [-0.2, -0.15) is 0 Å². The average Bonchev–Trinajstić information content (AvgIpc) is 2.81. The summed E-state index contributed by atoms with van der Waals surface area (Å²) in [6.45, 7) is 6.11. The summed E-state index contributed by atoms with van der Waals surface area (Å²) in [6.07, 6.45) is 3.31. The van der Waals surface area contributed by atoms with Gasteiger partial charge in [-0.05, 0) is 38.5 Å². The number of hydrogen-bond donors (Lipinski definition) is 1. The van der Waals surface area contributed by atoms with E-state index in [4.69, 9.17) is 4.74 Å². The van der Waals surface area contributed by atoms with Crippen LogP contribution in [0.1, 0.15) is 39.5 Å². The van der Waals surface area contributed by atoms with Gasteiger partial charge in [-0.3, -0.25) is 9.59 Å². The van der Waals surface area contributed by atoms with Gasteiger partial charge in [0.2, 0.25) is 5.91 Å². The van der Waals surface area contributed by atoms with Crippen LogP contribution in [0.15, 0.2) is 0 Å². The maximum absolute atomic E-state index is 12.5. The lowest BCUT2D eigenvalue weighted by molar-refractivity contribution is -0.150. The third kappa shape index (κ3) is 3.32. The van der Waals surface area contributed by atoms with Crippen molar-refractivity contribution in [3.8, 4) is 0 Å². The summed E-state index contributed by atoms with van der Waals surface area (Å²) in [6, 6.07) is 0. The van der Waals surface area contributed by atoms with Crippen LogP contribution in [-0.4, -0.2) is 47.7 Å². The zero-order valence-electron chi connectivity index (χ0n) is 12.4. The van der Waals surface area contributed by atoms with Gasteiger partial charge in [-0.25, -0.2) is 0 Å². The molecule has 1 aliphatic heterocycles. The standard InChI is InChI=1S/C15H25NO4/c1-3-20-11-4-6-16(7-5-11)14(17)12-8-10(2)9-13(12)15(18)19/h10-13H,3-9H2,1-2H3,(H,18,19)/t10?,12-,13+/m0/s1. The molecule has 0 aromatic rings. The Labute approximate surface area is 120 Å². The highest BCUT2D eigenvalue weighted by Gasteiger charge is 2.43. The minimum atomic E-state index is -0.822. The van der Waals surface area contributed by atoms with Gasteiger partial charge < -0.3 is 14.7 Å². The van der Waals surface area contributed by atoms with Crippen LogP contribution in [0.3, 0.4) is 0 Å². The van der Waals surface area contributed by atoms with Crippen molar-refractivity contribution >= 4 is 11.9 Å². The lowest BCUT2D eigenvalue weighted by Gasteiger charge is -2.34. The van der Waals surface area contributed by atoms with Gasteiger partial charge >= 0.3 is 5.97 Å². The van der Waals surface area contributed by atoms with E-state index < -0.39 is 11.9 Å². The number of likely N-dealkylation sites (tertiary alicyclic amines) is 1. The van der Waals surface area contributed by atoms with Gasteiger partial charge in [0.05, 0.1) is 17.9 Å². The van der Waals surface area contributed by atoms with Crippen LogP contribution in [0.25, 0.3) is 0 Å². The topological polar surface area (TPSA) is 66.8 Å². The number of carboxylic acid groups (broad SMARTS) is 1. The zero-order chi connectivity index (χ0) is 14.7. The summed E-state index contributed by atoms with van der Waals surface area (Å²) in [7, 11) is 0. The number of carbonyl (C=O) groups is 2. The number of amides is 1. The smallest absolute Gasteiger partial charge is 0.307 e. The molecular weight excluding hydrogens is 258 g/mol. The molecule has 0 aromatic heterocycles. The maximum atomic E-state index is 12.5. The monoisotopic (exact) mass is 283 g/mol. The van der Waals surface area contributed by atoms with Crippen molar-refractivity contribution in [1.29, 1.82) is 0 Å². The molecule has 1 heterocycles. The Morgan fingerprint density at radius 3 is 2.35 bits per heavy atom. The zero-order valence-corrected chi connectivity index (χ0v) is 12.4. The minimum absolute atomic E-state index is 0.0386. The van der Waals surface area contributed by atoms with Crippen LogP contribution in [0.5, 0.6) is 0 Å². The lowest BCUT2D eigenvalue weighted by atomic mass is 9.93. The molecule has 1 unspecified atom stereocenters. The molecule has 20 heavy (non-hydrogen) atoms. The summed E-state index contributed by atoms with van der Waals surface area (Å²) in [5, 5.41) is 9.27. The van der Waals surface area contributed by atoms with E-state index in [2.05, 4.69) is 0 Å². The number of rotatable bonds is 4. The molecule has 1 amide bonds. The fourth-order valence-electron chi connectivity index (χ4n) is 3.55. The number of carbonyl (C=O) groups excluding carboxylic acids is 1. The molecule has 1 aliphatic carbocycles. The highest BCUT2D eigenvalue weighted by atomic mass is 16.5. The van der Waals surface area contributed by atoms with Gasteiger partial charge in [0.1, 0.15) is 0 Å². The third-order valence-corrected chi connectivity index (χ3v) is 4.59. The van der Waals surface area contributed by atoms with E-state index in [9.17, 15) is 14.7 Å². The molecule has 0 aromatic carbocycles. The van der Waals surface area contributed by atoms with Crippen LogP contribution in [0, 0.1) is 17.8 Å². The quantitative estimate of drug-likeness (QED) is 0.853. The molecule has 114 valence electrons. The number of carboxylic acids is 1. The molecule has 2 rings (SSSR count). The molecule has 1 saturated carbocycles. The third-order valence-electron chi connectivity index (χ3n) is 4.59. The SMILES string of the molecule is CCOC1CCN(C(=O)[C@H]2CC(C)C[C@H]2C(=O)O)CC1. The first-order valence-corrected chi connectivity index (χ1v) is 7.66. The van der Waals surface area contributed by atoms with E-state index in [0.29, 0.717) is 38.5 Å². The van der Waals surface area contributed by atoms with Crippen molar-refractivity contribution in [2.45, 2.75) is 45.6 Å². The van der Waals surface area contributed by atoms with Crippen molar-refractivity contribution in [2.75, 3.05) is 19.7 Å². The fraction of sp³-hybridized carbons (Fsp3) is 0.867. The molecule has 0 radical (unpaired) electrons. The first kappa shape index (κ1) is 15.3. The summed E-state index contributed by atoms with van der Waals surface area (Å²) >= 11 is 0. The molecule has 0 bridgehead atoms. The predicted molar refractivity (Wildman–Crippen MR) is 74.2 cm³/mol. The molecule has 0 spiro atoms. The number of nitrogens with zero attached hydrogens (tertiary/aromatic N) is 1. The second-order valence-electron chi connectivity index (χ2n) is 6.11. The van der Waals surface area contributed by atoms with E-state index in [1.165, 1.54) is 0 Å². The molecule has 2 aliphatic rings. The van der Waals surface area contributed by atoms with Gasteiger partial charge in [-0.1, -0.05) is 6.92 Å². The van der Waals surface area contributed by atoms with Crippen LogP contribution < -0.4 is 0 Å². The molecule has 5 heteroatoms. The largest absolute Gasteiger partial charge is 0.481 e. The van der Waals surface area contributed by atoms with E-state index in [1.807, 2.05) is 18.7 Å². The predicted octanol–water partition coefficient (Wildman–Crippen LogP) is 1.76. The van der Waals surface area contributed by atoms with Gasteiger partial charge in [-0.15, -0.1) is 0 Å². The first-order valence-electron chi connectivity index (χ1n) is 7.66. The van der Waals surface area contributed by atoms with E-state index in [0.717, 1.165) is 12.8 Å². The Morgan fingerprint density at radius 1 is 1.20 bits per heavy atom.